The lowest BCUT2D eigenvalue weighted by molar-refractivity contribution is 0.0691. The fourth-order valence-corrected chi connectivity index (χ4v) is 3.01. The molecule has 0 bridgehead atoms. The van der Waals surface area contributed by atoms with Gasteiger partial charge in [0.05, 0.1) is 11.3 Å². The smallest absolute Gasteiger partial charge is 0.338 e. The average Bonchev–Trinajstić information content (AvgIpc) is 2.24. The van der Waals surface area contributed by atoms with Crippen LogP contribution in [0.4, 0.5) is 4.39 Å². The highest BCUT2D eigenvalue weighted by Crippen LogP contribution is 2.22. The SMILES string of the molecule is CS(=O)(=O)CCCSc1ccc(F)c(C(=O)O)c1. The van der Waals surface area contributed by atoms with Crippen LogP contribution < -0.4 is 0 Å². The lowest BCUT2D eigenvalue weighted by Crippen LogP contribution is -2.03. The predicted molar refractivity (Wildman–Crippen MR) is 68.4 cm³/mol. The number of carboxylic acids is 1. The van der Waals surface area contributed by atoms with Gasteiger partial charge in [-0.2, -0.15) is 0 Å². The summed E-state index contributed by atoms with van der Waals surface area (Å²) in [6.07, 6.45) is 1.64. The van der Waals surface area contributed by atoms with Crippen LogP contribution in [0.5, 0.6) is 0 Å². The van der Waals surface area contributed by atoms with Crippen LogP contribution >= 0.6 is 11.8 Å². The summed E-state index contributed by atoms with van der Waals surface area (Å²) in [4.78, 5) is 11.3. The molecule has 0 spiro atoms. The van der Waals surface area contributed by atoms with Gasteiger partial charge in [0.2, 0.25) is 0 Å². The molecule has 0 heterocycles. The van der Waals surface area contributed by atoms with Crippen LogP contribution in [0.1, 0.15) is 16.8 Å². The predicted octanol–water partition coefficient (Wildman–Crippen LogP) is 2.05. The van der Waals surface area contributed by atoms with Crippen LogP contribution in [0.2, 0.25) is 0 Å². The van der Waals surface area contributed by atoms with Gasteiger partial charge in [0.15, 0.2) is 0 Å². The molecular weight excluding hydrogens is 279 g/mol. The van der Waals surface area contributed by atoms with Crippen LogP contribution in [0.3, 0.4) is 0 Å². The molecule has 1 aromatic rings. The monoisotopic (exact) mass is 292 g/mol. The van der Waals surface area contributed by atoms with E-state index in [1.165, 1.54) is 23.9 Å². The molecule has 0 saturated heterocycles. The number of hydrogen-bond donors (Lipinski definition) is 1. The number of aromatic carboxylic acids is 1. The van der Waals surface area contributed by atoms with Crippen LogP contribution in [0.15, 0.2) is 23.1 Å². The first-order chi connectivity index (χ1) is 8.29. The van der Waals surface area contributed by atoms with Crippen molar-refractivity contribution in [3.8, 4) is 0 Å². The Kier molecular flexibility index (Phi) is 5.15. The molecule has 1 aromatic carbocycles. The highest BCUT2D eigenvalue weighted by molar-refractivity contribution is 7.99. The van der Waals surface area contributed by atoms with Crippen molar-refractivity contribution in [3.05, 3.63) is 29.6 Å². The van der Waals surface area contributed by atoms with E-state index in [4.69, 9.17) is 5.11 Å². The van der Waals surface area contributed by atoms with Gasteiger partial charge in [0.25, 0.3) is 0 Å². The minimum atomic E-state index is -2.97. The molecule has 1 N–H and O–H groups in total. The summed E-state index contributed by atoms with van der Waals surface area (Å²) < 4.78 is 34.9. The Morgan fingerprint density at radius 2 is 2.11 bits per heavy atom. The van der Waals surface area contributed by atoms with Crippen molar-refractivity contribution in [2.45, 2.75) is 11.3 Å². The molecule has 0 aromatic heterocycles. The summed E-state index contributed by atoms with van der Waals surface area (Å²) in [6, 6.07) is 3.83. The third kappa shape index (κ3) is 5.05. The summed E-state index contributed by atoms with van der Waals surface area (Å²) >= 11 is 1.31. The van der Waals surface area contributed by atoms with E-state index in [0.717, 1.165) is 12.3 Å². The Balaban J connectivity index is 2.58. The molecule has 18 heavy (non-hydrogen) atoms. The molecule has 7 heteroatoms. The molecule has 100 valence electrons. The molecule has 0 saturated carbocycles. The van der Waals surface area contributed by atoms with Gasteiger partial charge < -0.3 is 5.11 Å². The molecule has 4 nitrogen and oxygen atoms in total. The third-order valence-electron chi connectivity index (χ3n) is 2.10. The van der Waals surface area contributed by atoms with Gasteiger partial charge in [-0.1, -0.05) is 0 Å². The number of thioether (sulfide) groups is 1. The fourth-order valence-electron chi connectivity index (χ4n) is 1.27. The minimum absolute atomic E-state index is 0.0903. The molecule has 0 aliphatic rings. The van der Waals surface area contributed by atoms with E-state index in [1.54, 1.807) is 0 Å². The van der Waals surface area contributed by atoms with E-state index in [1.807, 2.05) is 0 Å². The quantitative estimate of drug-likeness (QED) is 0.642. The number of carbonyl (C=O) groups is 1. The maximum Gasteiger partial charge on any atom is 0.338 e. The van der Waals surface area contributed by atoms with Crippen LogP contribution in [-0.4, -0.2) is 37.3 Å². The van der Waals surface area contributed by atoms with Gasteiger partial charge in [-0.05, 0) is 30.4 Å². The molecule has 0 unspecified atom stereocenters. The van der Waals surface area contributed by atoms with E-state index in [0.29, 0.717) is 17.1 Å². The van der Waals surface area contributed by atoms with Gasteiger partial charge in [0, 0.05) is 11.2 Å². The Labute approximate surface area is 109 Å². The van der Waals surface area contributed by atoms with Gasteiger partial charge in [-0.3, -0.25) is 0 Å². The van der Waals surface area contributed by atoms with Crippen molar-refractivity contribution in [1.82, 2.24) is 0 Å². The topological polar surface area (TPSA) is 71.4 Å². The average molecular weight is 292 g/mol. The first-order valence-electron chi connectivity index (χ1n) is 5.13. The summed E-state index contributed by atoms with van der Waals surface area (Å²) in [5, 5.41) is 8.74. The van der Waals surface area contributed by atoms with Crippen LogP contribution in [-0.2, 0) is 9.84 Å². The van der Waals surface area contributed by atoms with Crippen molar-refractivity contribution in [1.29, 1.82) is 0 Å². The zero-order valence-electron chi connectivity index (χ0n) is 9.72. The Morgan fingerprint density at radius 3 is 2.67 bits per heavy atom. The highest BCUT2D eigenvalue weighted by Gasteiger charge is 2.11. The lowest BCUT2D eigenvalue weighted by Gasteiger charge is -2.03. The highest BCUT2D eigenvalue weighted by atomic mass is 32.2. The number of benzene rings is 1. The normalized spacial score (nSPS) is 11.4. The summed E-state index contributed by atoms with van der Waals surface area (Å²) in [6.45, 7) is 0. The summed E-state index contributed by atoms with van der Waals surface area (Å²) in [5.74, 6) is -1.46. The second kappa shape index (κ2) is 6.19. The second-order valence-electron chi connectivity index (χ2n) is 3.78. The van der Waals surface area contributed by atoms with E-state index in [-0.39, 0.29) is 11.3 Å². The standard InChI is InChI=1S/C11H13FO4S2/c1-18(15,16)6-2-5-17-8-3-4-10(12)9(7-8)11(13)14/h3-4,7H,2,5-6H2,1H3,(H,13,14). The van der Waals surface area contributed by atoms with E-state index < -0.39 is 21.6 Å². The minimum Gasteiger partial charge on any atom is -0.478 e. The zero-order valence-corrected chi connectivity index (χ0v) is 11.4. The van der Waals surface area contributed by atoms with Crippen LogP contribution in [0.25, 0.3) is 0 Å². The van der Waals surface area contributed by atoms with E-state index in [9.17, 15) is 17.6 Å². The molecular formula is C11H13FO4S2. The Morgan fingerprint density at radius 1 is 1.44 bits per heavy atom. The molecule has 0 aliphatic carbocycles. The molecule has 0 aliphatic heterocycles. The molecule has 1 rings (SSSR count). The van der Waals surface area contributed by atoms with E-state index in [2.05, 4.69) is 0 Å². The Hall–Kier alpha value is -1.08. The number of hydrogen-bond acceptors (Lipinski definition) is 4. The number of rotatable bonds is 6. The second-order valence-corrected chi connectivity index (χ2v) is 7.21. The number of sulfone groups is 1. The van der Waals surface area contributed by atoms with Crippen molar-refractivity contribution in [3.63, 3.8) is 0 Å². The van der Waals surface area contributed by atoms with Gasteiger partial charge in [-0.25, -0.2) is 17.6 Å². The van der Waals surface area contributed by atoms with Gasteiger partial charge in [-0.15, -0.1) is 11.8 Å². The number of halogens is 1. The van der Waals surface area contributed by atoms with Crippen LogP contribution in [0, 0.1) is 5.82 Å². The third-order valence-corrected chi connectivity index (χ3v) is 4.21. The fraction of sp³-hybridized carbons (Fsp3) is 0.364. The van der Waals surface area contributed by atoms with Crippen molar-refractivity contribution < 1.29 is 22.7 Å². The summed E-state index contributed by atoms with van der Waals surface area (Å²) in [7, 11) is -2.97. The number of carboxylic acid groups (broad SMARTS) is 1. The largest absolute Gasteiger partial charge is 0.478 e. The van der Waals surface area contributed by atoms with E-state index >= 15 is 0 Å². The first-order valence-corrected chi connectivity index (χ1v) is 8.17. The molecule has 0 radical (unpaired) electrons. The molecule has 0 amide bonds. The van der Waals surface area contributed by atoms with Gasteiger partial charge in [0.1, 0.15) is 15.7 Å². The maximum atomic E-state index is 13.1. The van der Waals surface area contributed by atoms with Crippen molar-refractivity contribution in [2.75, 3.05) is 17.8 Å². The zero-order chi connectivity index (χ0) is 13.8. The molecule has 0 atom stereocenters. The molecule has 0 fully saturated rings. The summed E-state index contributed by atoms with van der Waals surface area (Å²) in [5.41, 5.74) is -0.372. The van der Waals surface area contributed by atoms with Gasteiger partial charge >= 0.3 is 5.97 Å². The van der Waals surface area contributed by atoms with Crippen molar-refractivity contribution >= 4 is 27.6 Å². The maximum absolute atomic E-state index is 13.1. The lowest BCUT2D eigenvalue weighted by atomic mass is 10.2. The Bertz CT molecular complexity index is 540. The van der Waals surface area contributed by atoms with Crippen molar-refractivity contribution in [2.24, 2.45) is 0 Å². The first kappa shape index (κ1) is 15.0.